The van der Waals surface area contributed by atoms with Crippen LogP contribution in [0.25, 0.3) is 5.57 Å². The Morgan fingerprint density at radius 2 is 1.88 bits per heavy atom. The molecule has 1 aromatic carbocycles. The second-order valence-electron chi connectivity index (χ2n) is 4.65. The molecule has 0 radical (unpaired) electrons. The molecule has 88 valence electrons. The molecule has 16 heavy (non-hydrogen) atoms. The van der Waals surface area contributed by atoms with Gasteiger partial charge in [-0.25, -0.2) is 0 Å². The minimum Gasteiger partial charge on any atom is -0.309 e. The van der Waals surface area contributed by atoms with E-state index in [2.05, 4.69) is 50.2 Å². The maximum atomic E-state index is 2.27. The largest absolute Gasteiger partial charge is 0.309 e. The lowest BCUT2D eigenvalue weighted by Crippen LogP contribution is -2.13. The van der Waals surface area contributed by atoms with E-state index in [-0.39, 0.29) is 12.4 Å². The molecule has 2 heteroatoms. The molecule has 1 aliphatic carbocycles. The van der Waals surface area contributed by atoms with Crippen molar-refractivity contribution >= 4 is 18.0 Å². The van der Waals surface area contributed by atoms with Gasteiger partial charge >= 0.3 is 0 Å². The van der Waals surface area contributed by atoms with Gasteiger partial charge in [0.05, 0.1) is 0 Å². The second-order valence-corrected chi connectivity index (χ2v) is 4.65. The zero-order chi connectivity index (χ0) is 10.8. The van der Waals surface area contributed by atoms with Crippen LogP contribution in [-0.4, -0.2) is 25.5 Å². The Kier molecular flexibility index (Phi) is 4.57. The van der Waals surface area contributed by atoms with E-state index in [1.807, 2.05) is 0 Å². The van der Waals surface area contributed by atoms with Crippen molar-refractivity contribution in [3.05, 3.63) is 41.0 Å². The number of nitrogens with zero attached hydrogens (tertiary/aromatic N) is 1. The normalized spacial score (nSPS) is 14.0. The first-order valence-corrected chi connectivity index (χ1v) is 5.60. The smallest absolute Gasteiger partial charge is 0.00159 e. The van der Waals surface area contributed by atoms with E-state index in [0.29, 0.717) is 0 Å². The van der Waals surface area contributed by atoms with Crippen molar-refractivity contribution in [3.63, 3.8) is 0 Å². The summed E-state index contributed by atoms with van der Waals surface area (Å²) in [5.74, 6) is 0. The Hall–Kier alpha value is -0.790. The number of fused-ring (bicyclic) bond motifs is 1. The van der Waals surface area contributed by atoms with Crippen molar-refractivity contribution in [2.24, 2.45) is 0 Å². The highest BCUT2D eigenvalue weighted by Gasteiger charge is 2.17. The van der Waals surface area contributed by atoms with Crippen molar-refractivity contribution in [2.45, 2.75) is 19.8 Å². The molecule has 0 amide bonds. The van der Waals surface area contributed by atoms with Crippen LogP contribution in [-0.2, 0) is 6.42 Å². The Bertz CT molecular complexity index is 393. The third-order valence-electron chi connectivity index (χ3n) is 3.12. The van der Waals surface area contributed by atoms with Gasteiger partial charge in [0.2, 0.25) is 0 Å². The maximum absolute atomic E-state index is 2.27. The average Bonchev–Trinajstić information content (AvgIpc) is 2.50. The van der Waals surface area contributed by atoms with Gasteiger partial charge in [-0.3, -0.25) is 0 Å². The molecular weight excluding hydrogens is 218 g/mol. The fraction of sp³-hybridized carbons (Fsp3) is 0.429. The van der Waals surface area contributed by atoms with Crippen LogP contribution in [0.5, 0.6) is 0 Å². The van der Waals surface area contributed by atoms with Gasteiger partial charge in [-0.2, -0.15) is 0 Å². The molecule has 0 aromatic heterocycles. The van der Waals surface area contributed by atoms with E-state index in [1.54, 1.807) is 11.1 Å². The van der Waals surface area contributed by atoms with Crippen LogP contribution in [0.1, 0.15) is 24.5 Å². The summed E-state index contributed by atoms with van der Waals surface area (Å²) in [5, 5.41) is 0. The lowest BCUT2D eigenvalue weighted by atomic mass is 10.0. The van der Waals surface area contributed by atoms with Gasteiger partial charge in [-0.1, -0.05) is 29.8 Å². The van der Waals surface area contributed by atoms with E-state index in [4.69, 9.17) is 0 Å². The highest BCUT2D eigenvalue weighted by molar-refractivity contribution is 5.85. The first-order chi connectivity index (χ1) is 7.18. The molecule has 0 N–H and O–H groups in total. The van der Waals surface area contributed by atoms with Crippen molar-refractivity contribution in [1.82, 2.24) is 4.90 Å². The molecule has 0 bridgehead atoms. The second kappa shape index (κ2) is 5.51. The highest BCUT2D eigenvalue weighted by Crippen LogP contribution is 2.34. The molecule has 1 nitrogen and oxygen atoms in total. The van der Waals surface area contributed by atoms with Crippen molar-refractivity contribution in [3.8, 4) is 0 Å². The fourth-order valence-corrected chi connectivity index (χ4v) is 2.27. The number of hydrogen-bond donors (Lipinski definition) is 0. The van der Waals surface area contributed by atoms with Crippen LogP contribution in [0.15, 0.2) is 29.8 Å². The minimum absolute atomic E-state index is 0. The summed E-state index contributed by atoms with van der Waals surface area (Å²) in [6.07, 6.45) is 2.33. The maximum Gasteiger partial charge on any atom is 0.00159 e. The summed E-state index contributed by atoms with van der Waals surface area (Å²) >= 11 is 0. The van der Waals surface area contributed by atoms with Gasteiger partial charge in [0, 0.05) is 6.54 Å². The third-order valence-corrected chi connectivity index (χ3v) is 3.12. The zero-order valence-electron chi connectivity index (χ0n) is 10.3. The zero-order valence-corrected chi connectivity index (χ0v) is 11.1. The van der Waals surface area contributed by atoms with Gasteiger partial charge in [0.25, 0.3) is 0 Å². The summed E-state index contributed by atoms with van der Waals surface area (Å²) in [6.45, 7) is 3.41. The number of benzene rings is 1. The first-order valence-electron chi connectivity index (χ1n) is 5.60. The Balaban J connectivity index is 0.00000128. The summed E-state index contributed by atoms with van der Waals surface area (Å²) in [6, 6.07) is 8.80. The molecule has 0 heterocycles. The molecule has 2 rings (SSSR count). The van der Waals surface area contributed by atoms with Gasteiger partial charge in [0.15, 0.2) is 0 Å². The van der Waals surface area contributed by atoms with E-state index in [0.717, 1.165) is 13.0 Å². The molecule has 0 spiro atoms. The molecule has 0 aliphatic heterocycles. The predicted molar refractivity (Wildman–Crippen MR) is 73.2 cm³/mol. The summed E-state index contributed by atoms with van der Waals surface area (Å²) in [7, 11) is 4.27. The lowest BCUT2D eigenvalue weighted by Gasteiger charge is -2.11. The van der Waals surface area contributed by atoms with Crippen molar-refractivity contribution in [2.75, 3.05) is 20.6 Å². The van der Waals surface area contributed by atoms with Crippen molar-refractivity contribution < 1.29 is 0 Å². The monoisotopic (exact) mass is 237 g/mol. The Morgan fingerprint density at radius 3 is 2.56 bits per heavy atom. The number of allylic oxidation sites excluding steroid dienone is 1. The molecule has 1 aromatic rings. The molecule has 0 fully saturated rings. The summed E-state index contributed by atoms with van der Waals surface area (Å²) in [5.41, 5.74) is 6.11. The van der Waals surface area contributed by atoms with Crippen LogP contribution in [0.3, 0.4) is 0 Å². The van der Waals surface area contributed by atoms with Crippen LogP contribution in [0.2, 0.25) is 0 Å². The SMILES string of the molecule is CC1=C(CCN(C)C)c2ccccc2C1.Cl. The van der Waals surface area contributed by atoms with Crippen LogP contribution in [0.4, 0.5) is 0 Å². The van der Waals surface area contributed by atoms with Gasteiger partial charge in [0.1, 0.15) is 0 Å². The molecule has 0 unspecified atom stereocenters. The van der Waals surface area contributed by atoms with Crippen LogP contribution < -0.4 is 0 Å². The van der Waals surface area contributed by atoms with Crippen LogP contribution >= 0.6 is 12.4 Å². The third kappa shape index (κ3) is 2.66. The molecule has 0 saturated heterocycles. The van der Waals surface area contributed by atoms with E-state index < -0.39 is 0 Å². The minimum atomic E-state index is 0. The van der Waals surface area contributed by atoms with E-state index in [9.17, 15) is 0 Å². The number of halogens is 1. The van der Waals surface area contributed by atoms with Gasteiger partial charge < -0.3 is 4.90 Å². The molecule has 0 atom stereocenters. The summed E-state index contributed by atoms with van der Waals surface area (Å²) in [4.78, 5) is 2.25. The standard InChI is InChI=1S/C14H19N.ClH/c1-11-10-12-6-4-5-7-14(12)13(11)8-9-15(2)3;/h4-7H,8-10H2,1-3H3;1H. The van der Waals surface area contributed by atoms with Crippen molar-refractivity contribution in [1.29, 1.82) is 0 Å². The quantitative estimate of drug-likeness (QED) is 0.779. The van der Waals surface area contributed by atoms with E-state index >= 15 is 0 Å². The topological polar surface area (TPSA) is 3.24 Å². The molecular formula is C14H20ClN. The highest BCUT2D eigenvalue weighted by atomic mass is 35.5. The van der Waals surface area contributed by atoms with Gasteiger partial charge in [-0.05, 0) is 50.6 Å². The first kappa shape index (κ1) is 13.3. The van der Waals surface area contributed by atoms with Gasteiger partial charge in [-0.15, -0.1) is 12.4 Å². The Labute approximate surface area is 105 Å². The predicted octanol–water partition coefficient (Wildman–Crippen LogP) is 3.39. The number of hydrogen-bond acceptors (Lipinski definition) is 1. The molecule has 0 saturated carbocycles. The summed E-state index contributed by atoms with van der Waals surface area (Å²) < 4.78 is 0. The van der Waals surface area contributed by atoms with Crippen LogP contribution in [0, 0.1) is 0 Å². The number of rotatable bonds is 3. The Morgan fingerprint density at radius 1 is 1.19 bits per heavy atom. The van der Waals surface area contributed by atoms with E-state index in [1.165, 1.54) is 17.5 Å². The lowest BCUT2D eigenvalue weighted by molar-refractivity contribution is 0.419. The molecule has 1 aliphatic rings. The average molecular weight is 238 g/mol. The fourth-order valence-electron chi connectivity index (χ4n) is 2.27.